The third-order valence-corrected chi connectivity index (χ3v) is 3.24. The molecule has 0 N–H and O–H groups in total. The van der Waals surface area contributed by atoms with E-state index >= 15 is 0 Å². The predicted octanol–water partition coefficient (Wildman–Crippen LogP) is 5.58. The van der Waals surface area contributed by atoms with Crippen molar-refractivity contribution >= 4 is 0 Å². The van der Waals surface area contributed by atoms with Gasteiger partial charge in [-0.25, -0.2) is 0 Å². The van der Waals surface area contributed by atoms with E-state index in [1.807, 2.05) is 0 Å². The minimum absolute atomic E-state index is 0.901. The van der Waals surface area contributed by atoms with Crippen LogP contribution in [0.2, 0.25) is 0 Å². The normalized spacial score (nSPS) is 13.0. The second-order valence-corrected chi connectivity index (χ2v) is 4.71. The molecule has 0 nitrogen and oxygen atoms in total. The predicted molar refractivity (Wildman–Crippen MR) is 70.7 cm³/mol. The smallest absolute Gasteiger partial charge is 0.0414 e. The summed E-state index contributed by atoms with van der Waals surface area (Å²) in [6.07, 6.45) is 14.7. The molecule has 0 saturated carbocycles. The van der Waals surface area contributed by atoms with Gasteiger partial charge in [0.15, 0.2) is 0 Å². The highest BCUT2D eigenvalue weighted by atomic mass is 14.1. The topological polar surface area (TPSA) is 0 Å². The van der Waals surface area contributed by atoms with E-state index in [1.54, 1.807) is 0 Å². The molecule has 0 aromatic heterocycles. The highest BCUT2D eigenvalue weighted by Crippen LogP contribution is 2.20. The van der Waals surface area contributed by atoms with Gasteiger partial charge in [-0.05, 0) is 5.92 Å². The third kappa shape index (κ3) is 10.3. The first-order valence-corrected chi connectivity index (χ1v) is 6.93. The zero-order valence-electron chi connectivity index (χ0n) is 10.8. The maximum absolute atomic E-state index is 4.06. The van der Waals surface area contributed by atoms with Crippen molar-refractivity contribution in [2.75, 3.05) is 0 Å². The van der Waals surface area contributed by atoms with E-state index in [-0.39, 0.29) is 0 Å². The van der Waals surface area contributed by atoms with Crippen LogP contribution < -0.4 is 0 Å². The molecule has 0 heteroatoms. The number of unbranched alkanes of at least 4 members (excludes halogenated alkanes) is 6. The molecular formula is C15H30. The summed E-state index contributed by atoms with van der Waals surface area (Å²) in [5.74, 6) is 0.901. The van der Waals surface area contributed by atoms with Gasteiger partial charge in [-0.1, -0.05) is 91.4 Å². The zero-order chi connectivity index (χ0) is 11.4. The van der Waals surface area contributed by atoms with Gasteiger partial charge in [0.05, 0.1) is 0 Å². The maximum Gasteiger partial charge on any atom is -0.0414 e. The van der Waals surface area contributed by atoms with Crippen molar-refractivity contribution in [2.24, 2.45) is 5.92 Å². The standard InChI is InChI=1S/C15H30/c1-4-7-9-10-11-12-14-15(6-3)13-8-5-2/h15H,1,3-14H2,2H3. The van der Waals surface area contributed by atoms with Crippen molar-refractivity contribution in [3.05, 3.63) is 13.8 Å². The summed E-state index contributed by atoms with van der Waals surface area (Å²) in [6, 6.07) is 0. The summed E-state index contributed by atoms with van der Waals surface area (Å²) in [5, 5.41) is 0. The first kappa shape index (κ1) is 15.0. The van der Waals surface area contributed by atoms with E-state index in [9.17, 15) is 0 Å². The average molecular weight is 210 g/mol. The molecular weight excluding hydrogens is 180 g/mol. The van der Waals surface area contributed by atoms with Gasteiger partial charge in [0.1, 0.15) is 0 Å². The second-order valence-electron chi connectivity index (χ2n) is 4.71. The molecule has 0 aliphatic carbocycles. The van der Waals surface area contributed by atoms with Crippen LogP contribution in [0.3, 0.4) is 0 Å². The lowest BCUT2D eigenvalue weighted by molar-refractivity contribution is 0.413. The molecule has 0 heterocycles. The van der Waals surface area contributed by atoms with Crippen LogP contribution in [0.4, 0.5) is 0 Å². The number of rotatable bonds is 11. The summed E-state index contributed by atoms with van der Waals surface area (Å²) in [5.41, 5.74) is 0. The average Bonchev–Trinajstić information content (AvgIpc) is 2.27. The van der Waals surface area contributed by atoms with Gasteiger partial charge in [0.2, 0.25) is 0 Å². The minimum Gasteiger partial charge on any atom is -0.0654 e. The summed E-state index contributed by atoms with van der Waals surface area (Å²) in [7, 11) is 0. The Kier molecular flexibility index (Phi) is 12.1. The molecule has 0 bridgehead atoms. The Bertz CT molecular complexity index is 107. The quantitative estimate of drug-likeness (QED) is 0.390. The van der Waals surface area contributed by atoms with E-state index in [0.29, 0.717) is 0 Å². The van der Waals surface area contributed by atoms with Gasteiger partial charge in [-0.3, -0.25) is 0 Å². The van der Waals surface area contributed by atoms with E-state index in [0.717, 1.165) is 18.8 Å². The van der Waals surface area contributed by atoms with E-state index in [1.165, 1.54) is 57.8 Å². The highest BCUT2D eigenvalue weighted by molar-refractivity contribution is 4.61. The maximum atomic E-state index is 4.06. The zero-order valence-corrected chi connectivity index (χ0v) is 10.8. The molecule has 0 aliphatic heterocycles. The Morgan fingerprint density at radius 3 is 2.00 bits per heavy atom. The first-order chi connectivity index (χ1) is 7.35. The molecule has 0 aromatic carbocycles. The highest BCUT2D eigenvalue weighted by Gasteiger charge is 2.04. The second kappa shape index (κ2) is 12.1. The van der Waals surface area contributed by atoms with Gasteiger partial charge >= 0.3 is 0 Å². The van der Waals surface area contributed by atoms with Crippen molar-refractivity contribution in [2.45, 2.75) is 77.6 Å². The van der Waals surface area contributed by atoms with Crippen LogP contribution in [0.15, 0.2) is 0 Å². The Morgan fingerprint density at radius 2 is 1.40 bits per heavy atom. The van der Waals surface area contributed by atoms with Crippen molar-refractivity contribution in [1.29, 1.82) is 0 Å². The summed E-state index contributed by atoms with van der Waals surface area (Å²) >= 11 is 0. The molecule has 0 amide bonds. The summed E-state index contributed by atoms with van der Waals surface area (Å²) in [6.45, 7) is 10.2. The fourth-order valence-electron chi connectivity index (χ4n) is 2.07. The number of hydrogen-bond donors (Lipinski definition) is 0. The Hall–Kier alpha value is 0. The SMILES string of the molecule is [CH2]CCCCCCCC(C[CH2])CCCC. The fourth-order valence-corrected chi connectivity index (χ4v) is 2.07. The van der Waals surface area contributed by atoms with Gasteiger partial charge in [0.25, 0.3) is 0 Å². The minimum atomic E-state index is 0.901. The van der Waals surface area contributed by atoms with Crippen LogP contribution >= 0.6 is 0 Å². The van der Waals surface area contributed by atoms with Crippen LogP contribution in [0.1, 0.15) is 77.6 Å². The molecule has 1 atom stereocenters. The lowest BCUT2D eigenvalue weighted by Gasteiger charge is -2.13. The van der Waals surface area contributed by atoms with Gasteiger partial charge in [0, 0.05) is 0 Å². The van der Waals surface area contributed by atoms with Crippen LogP contribution in [-0.2, 0) is 0 Å². The Balaban J connectivity index is 3.22. The molecule has 0 aromatic rings. The molecule has 1 unspecified atom stereocenters. The van der Waals surface area contributed by atoms with Crippen molar-refractivity contribution in [1.82, 2.24) is 0 Å². The molecule has 0 aliphatic rings. The van der Waals surface area contributed by atoms with Crippen molar-refractivity contribution in [3.8, 4) is 0 Å². The summed E-state index contributed by atoms with van der Waals surface area (Å²) < 4.78 is 0. The molecule has 2 radical (unpaired) electrons. The molecule has 0 rings (SSSR count). The third-order valence-electron chi connectivity index (χ3n) is 3.24. The van der Waals surface area contributed by atoms with Crippen LogP contribution in [0.25, 0.3) is 0 Å². The largest absolute Gasteiger partial charge is 0.0654 e. The Morgan fingerprint density at radius 1 is 0.800 bits per heavy atom. The van der Waals surface area contributed by atoms with E-state index in [4.69, 9.17) is 0 Å². The van der Waals surface area contributed by atoms with Crippen molar-refractivity contribution in [3.63, 3.8) is 0 Å². The van der Waals surface area contributed by atoms with Crippen molar-refractivity contribution < 1.29 is 0 Å². The first-order valence-electron chi connectivity index (χ1n) is 6.93. The van der Waals surface area contributed by atoms with Gasteiger partial charge < -0.3 is 0 Å². The fraction of sp³-hybridized carbons (Fsp3) is 0.867. The molecule has 0 fully saturated rings. The van der Waals surface area contributed by atoms with Gasteiger partial charge in [-0.2, -0.15) is 0 Å². The molecule has 15 heavy (non-hydrogen) atoms. The number of hydrogen-bond acceptors (Lipinski definition) is 0. The van der Waals surface area contributed by atoms with Crippen LogP contribution in [0.5, 0.6) is 0 Å². The molecule has 0 saturated heterocycles. The van der Waals surface area contributed by atoms with E-state index < -0.39 is 0 Å². The monoisotopic (exact) mass is 210 g/mol. The lowest BCUT2D eigenvalue weighted by Crippen LogP contribution is -1.98. The summed E-state index contributed by atoms with van der Waals surface area (Å²) in [4.78, 5) is 0. The lowest BCUT2D eigenvalue weighted by atomic mass is 9.93. The van der Waals surface area contributed by atoms with E-state index in [2.05, 4.69) is 20.8 Å². The Labute approximate surface area is 97.8 Å². The molecule has 0 spiro atoms. The van der Waals surface area contributed by atoms with Gasteiger partial charge in [-0.15, -0.1) is 0 Å². The van der Waals surface area contributed by atoms with Crippen LogP contribution in [-0.4, -0.2) is 0 Å². The molecule has 90 valence electrons. The van der Waals surface area contributed by atoms with Crippen LogP contribution in [0, 0.1) is 19.8 Å².